The highest BCUT2D eigenvalue weighted by molar-refractivity contribution is 5.72. The highest BCUT2D eigenvalue weighted by Gasteiger charge is 2.08. The first-order chi connectivity index (χ1) is 5.70. The van der Waals surface area contributed by atoms with Gasteiger partial charge in [0.2, 0.25) is 0 Å². The first kappa shape index (κ1) is 8.73. The van der Waals surface area contributed by atoms with Crippen LogP contribution in [0.4, 0.5) is 0 Å². The minimum absolute atomic E-state index is 0.494. The number of imidazole rings is 1. The topological polar surface area (TPSA) is 78.0 Å². The van der Waals surface area contributed by atoms with Gasteiger partial charge in [-0.1, -0.05) is 0 Å². The SMILES string of the molecule is CC(NCc1cnc[nH]1)C(=O)O. The summed E-state index contributed by atoms with van der Waals surface area (Å²) < 4.78 is 0. The molecule has 66 valence electrons. The van der Waals surface area contributed by atoms with Gasteiger partial charge in [-0.2, -0.15) is 0 Å². The highest BCUT2D eigenvalue weighted by Crippen LogP contribution is 1.91. The molecule has 1 unspecified atom stereocenters. The maximum Gasteiger partial charge on any atom is 0.320 e. The number of hydrogen-bond donors (Lipinski definition) is 3. The second kappa shape index (κ2) is 3.87. The average molecular weight is 169 g/mol. The predicted molar refractivity (Wildman–Crippen MR) is 42.5 cm³/mol. The molecule has 3 N–H and O–H groups in total. The Morgan fingerprint density at radius 2 is 2.67 bits per heavy atom. The van der Waals surface area contributed by atoms with Crippen LogP contribution in [0, 0.1) is 0 Å². The average Bonchev–Trinajstić information content (AvgIpc) is 2.51. The zero-order valence-corrected chi connectivity index (χ0v) is 6.74. The molecule has 0 bridgehead atoms. The van der Waals surface area contributed by atoms with E-state index >= 15 is 0 Å². The number of rotatable bonds is 4. The van der Waals surface area contributed by atoms with Crippen molar-refractivity contribution in [3.05, 3.63) is 18.2 Å². The van der Waals surface area contributed by atoms with Crippen molar-refractivity contribution in [1.82, 2.24) is 15.3 Å². The molecule has 0 saturated heterocycles. The minimum atomic E-state index is -0.852. The van der Waals surface area contributed by atoms with Gasteiger partial charge in [0.05, 0.1) is 6.33 Å². The molecule has 0 spiro atoms. The summed E-state index contributed by atoms with van der Waals surface area (Å²) in [5.41, 5.74) is 0.878. The first-order valence-corrected chi connectivity index (χ1v) is 3.63. The third kappa shape index (κ3) is 2.35. The van der Waals surface area contributed by atoms with Crippen molar-refractivity contribution in [3.63, 3.8) is 0 Å². The van der Waals surface area contributed by atoms with E-state index < -0.39 is 12.0 Å². The van der Waals surface area contributed by atoms with Crippen molar-refractivity contribution in [2.24, 2.45) is 0 Å². The van der Waals surface area contributed by atoms with Gasteiger partial charge in [0, 0.05) is 18.4 Å². The number of aromatic nitrogens is 2. The van der Waals surface area contributed by atoms with Crippen LogP contribution in [-0.2, 0) is 11.3 Å². The van der Waals surface area contributed by atoms with E-state index in [0.29, 0.717) is 6.54 Å². The summed E-state index contributed by atoms with van der Waals surface area (Å²) in [6.07, 6.45) is 3.21. The van der Waals surface area contributed by atoms with Crippen LogP contribution in [0.25, 0.3) is 0 Å². The number of carboxylic acid groups (broad SMARTS) is 1. The Morgan fingerprint density at radius 3 is 3.17 bits per heavy atom. The van der Waals surface area contributed by atoms with Crippen LogP contribution in [0.1, 0.15) is 12.6 Å². The van der Waals surface area contributed by atoms with Crippen LogP contribution in [0.5, 0.6) is 0 Å². The Balaban J connectivity index is 2.31. The smallest absolute Gasteiger partial charge is 0.320 e. The maximum atomic E-state index is 10.4. The lowest BCUT2D eigenvalue weighted by molar-refractivity contribution is -0.139. The van der Waals surface area contributed by atoms with Crippen LogP contribution >= 0.6 is 0 Å². The molecule has 12 heavy (non-hydrogen) atoms. The molecule has 0 saturated carbocycles. The van der Waals surface area contributed by atoms with E-state index in [0.717, 1.165) is 5.69 Å². The molecule has 1 heterocycles. The Bertz CT molecular complexity index is 245. The molecule has 0 fully saturated rings. The van der Waals surface area contributed by atoms with E-state index in [9.17, 15) is 4.79 Å². The number of nitrogens with zero attached hydrogens (tertiary/aromatic N) is 1. The van der Waals surface area contributed by atoms with Gasteiger partial charge < -0.3 is 10.1 Å². The lowest BCUT2D eigenvalue weighted by Crippen LogP contribution is -2.33. The zero-order chi connectivity index (χ0) is 8.97. The van der Waals surface area contributed by atoms with Crippen LogP contribution in [-0.4, -0.2) is 27.1 Å². The molecule has 5 nitrogen and oxygen atoms in total. The van der Waals surface area contributed by atoms with E-state index in [4.69, 9.17) is 5.11 Å². The molecular weight excluding hydrogens is 158 g/mol. The molecule has 0 aliphatic carbocycles. The fraction of sp³-hybridized carbons (Fsp3) is 0.429. The normalized spacial score (nSPS) is 12.8. The van der Waals surface area contributed by atoms with E-state index in [1.165, 1.54) is 0 Å². The van der Waals surface area contributed by atoms with Crippen molar-refractivity contribution in [2.75, 3.05) is 0 Å². The fourth-order valence-electron chi connectivity index (χ4n) is 0.732. The second-order valence-corrected chi connectivity index (χ2v) is 2.52. The van der Waals surface area contributed by atoms with E-state index in [1.807, 2.05) is 0 Å². The molecule has 1 aromatic heterocycles. The van der Waals surface area contributed by atoms with Gasteiger partial charge in [0.25, 0.3) is 0 Å². The lowest BCUT2D eigenvalue weighted by Gasteiger charge is -2.06. The maximum absolute atomic E-state index is 10.4. The zero-order valence-electron chi connectivity index (χ0n) is 6.74. The summed E-state index contributed by atoms with van der Waals surface area (Å²) in [6.45, 7) is 2.09. The third-order valence-electron chi connectivity index (χ3n) is 1.52. The number of aromatic amines is 1. The van der Waals surface area contributed by atoms with Crippen molar-refractivity contribution in [1.29, 1.82) is 0 Å². The molecule has 1 aromatic rings. The molecule has 0 aliphatic rings. The number of carboxylic acids is 1. The molecule has 5 heteroatoms. The minimum Gasteiger partial charge on any atom is -0.480 e. The quantitative estimate of drug-likeness (QED) is 0.591. The van der Waals surface area contributed by atoms with Gasteiger partial charge >= 0.3 is 5.97 Å². The first-order valence-electron chi connectivity index (χ1n) is 3.63. The third-order valence-corrected chi connectivity index (χ3v) is 1.52. The van der Waals surface area contributed by atoms with Crippen LogP contribution < -0.4 is 5.32 Å². The van der Waals surface area contributed by atoms with Crippen molar-refractivity contribution < 1.29 is 9.90 Å². The monoisotopic (exact) mass is 169 g/mol. The summed E-state index contributed by atoms with van der Waals surface area (Å²) in [7, 11) is 0. The number of aliphatic carboxylic acids is 1. The second-order valence-electron chi connectivity index (χ2n) is 2.52. The highest BCUT2D eigenvalue weighted by atomic mass is 16.4. The molecular formula is C7H11N3O2. The largest absolute Gasteiger partial charge is 0.480 e. The van der Waals surface area contributed by atoms with Crippen molar-refractivity contribution >= 4 is 5.97 Å². The number of nitrogens with one attached hydrogen (secondary N) is 2. The van der Waals surface area contributed by atoms with Crippen molar-refractivity contribution in [3.8, 4) is 0 Å². The summed E-state index contributed by atoms with van der Waals surface area (Å²) in [5.74, 6) is -0.852. The van der Waals surface area contributed by atoms with Gasteiger partial charge in [-0.25, -0.2) is 4.98 Å². The number of hydrogen-bond acceptors (Lipinski definition) is 3. The van der Waals surface area contributed by atoms with Gasteiger partial charge in [-0.05, 0) is 6.92 Å². The molecule has 1 rings (SSSR count). The summed E-state index contributed by atoms with van der Waals surface area (Å²) in [5, 5.41) is 11.3. The molecule has 0 aromatic carbocycles. The van der Waals surface area contributed by atoms with Gasteiger partial charge in [-0.15, -0.1) is 0 Å². The molecule has 0 aliphatic heterocycles. The van der Waals surface area contributed by atoms with Crippen molar-refractivity contribution in [2.45, 2.75) is 19.5 Å². The lowest BCUT2D eigenvalue weighted by atomic mass is 10.3. The molecule has 0 radical (unpaired) electrons. The van der Waals surface area contributed by atoms with Gasteiger partial charge in [0.15, 0.2) is 0 Å². The Labute approximate surface area is 69.8 Å². The van der Waals surface area contributed by atoms with E-state index in [2.05, 4.69) is 15.3 Å². The Morgan fingerprint density at radius 1 is 1.92 bits per heavy atom. The standard InChI is InChI=1S/C7H11N3O2/c1-5(7(11)12)9-3-6-2-8-4-10-6/h2,4-5,9H,3H2,1H3,(H,8,10)(H,11,12). The molecule has 0 amide bonds. The Kier molecular flexibility index (Phi) is 2.82. The summed E-state index contributed by atoms with van der Waals surface area (Å²) in [6, 6.07) is -0.534. The number of carbonyl (C=O) groups is 1. The predicted octanol–water partition coefficient (Wildman–Crippen LogP) is -0.0276. The van der Waals surface area contributed by atoms with Gasteiger partial charge in [-0.3, -0.25) is 10.1 Å². The van der Waals surface area contributed by atoms with E-state index in [1.54, 1.807) is 19.4 Å². The van der Waals surface area contributed by atoms with Gasteiger partial charge in [0.1, 0.15) is 6.04 Å². The fourth-order valence-corrected chi connectivity index (χ4v) is 0.732. The Hall–Kier alpha value is -1.36. The van der Waals surface area contributed by atoms with E-state index in [-0.39, 0.29) is 0 Å². The summed E-state index contributed by atoms with van der Waals surface area (Å²) >= 11 is 0. The number of H-pyrrole nitrogens is 1. The van der Waals surface area contributed by atoms with Crippen LogP contribution in [0.2, 0.25) is 0 Å². The summed E-state index contributed by atoms with van der Waals surface area (Å²) in [4.78, 5) is 17.0. The van der Waals surface area contributed by atoms with Crippen LogP contribution in [0.3, 0.4) is 0 Å². The van der Waals surface area contributed by atoms with Crippen LogP contribution in [0.15, 0.2) is 12.5 Å². The molecule has 1 atom stereocenters.